The molecule has 2 rings (SSSR count). The van der Waals surface area contributed by atoms with Gasteiger partial charge in [-0.25, -0.2) is 18.9 Å². The van der Waals surface area contributed by atoms with E-state index in [1.807, 2.05) is 0 Å². The highest BCUT2D eigenvalue weighted by Crippen LogP contribution is 2.15. The number of carbonyl (C=O) groups is 1. The van der Waals surface area contributed by atoms with Crippen molar-refractivity contribution >= 4 is 11.7 Å². The SMILES string of the molecule is CCOC(=O)c1nn(-c2ncccc2F)cc1N. The number of esters is 1. The molecule has 0 radical (unpaired) electrons. The molecular formula is C11H11FN4O2. The molecule has 2 aromatic rings. The lowest BCUT2D eigenvalue weighted by Crippen LogP contribution is -2.09. The van der Waals surface area contributed by atoms with Crippen molar-refractivity contribution in [3.05, 3.63) is 36.0 Å². The van der Waals surface area contributed by atoms with E-state index in [0.717, 1.165) is 4.68 Å². The lowest BCUT2D eigenvalue weighted by Gasteiger charge is -2.00. The molecular weight excluding hydrogens is 239 g/mol. The van der Waals surface area contributed by atoms with Gasteiger partial charge in [-0.2, -0.15) is 5.10 Å². The smallest absolute Gasteiger partial charge is 0.361 e. The molecule has 94 valence electrons. The fourth-order valence-corrected chi connectivity index (χ4v) is 1.40. The lowest BCUT2D eigenvalue weighted by atomic mass is 10.4. The number of pyridine rings is 1. The van der Waals surface area contributed by atoms with Crippen LogP contribution < -0.4 is 5.73 Å². The fourth-order valence-electron chi connectivity index (χ4n) is 1.40. The summed E-state index contributed by atoms with van der Waals surface area (Å²) in [6.45, 7) is 1.88. The minimum absolute atomic E-state index is 0.0280. The maximum absolute atomic E-state index is 13.5. The third-order valence-electron chi connectivity index (χ3n) is 2.17. The highest BCUT2D eigenvalue weighted by atomic mass is 19.1. The van der Waals surface area contributed by atoms with Crippen molar-refractivity contribution in [2.75, 3.05) is 12.3 Å². The highest BCUT2D eigenvalue weighted by molar-refractivity contribution is 5.92. The minimum Gasteiger partial charge on any atom is -0.461 e. The van der Waals surface area contributed by atoms with Gasteiger partial charge in [-0.05, 0) is 19.1 Å². The van der Waals surface area contributed by atoms with Gasteiger partial charge in [0.1, 0.15) is 0 Å². The normalized spacial score (nSPS) is 10.3. The molecule has 6 nitrogen and oxygen atoms in total. The first-order chi connectivity index (χ1) is 8.63. The van der Waals surface area contributed by atoms with Gasteiger partial charge >= 0.3 is 5.97 Å². The van der Waals surface area contributed by atoms with Crippen LogP contribution in [-0.4, -0.2) is 27.3 Å². The molecule has 2 heterocycles. The Kier molecular flexibility index (Phi) is 3.22. The van der Waals surface area contributed by atoms with Crippen LogP contribution in [0.4, 0.5) is 10.1 Å². The number of ether oxygens (including phenoxy) is 1. The molecule has 0 amide bonds. The third kappa shape index (κ3) is 2.15. The van der Waals surface area contributed by atoms with Gasteiger partial charge in [-0.15, -0.1) is 0 Å². The zero-order chi connectivity index (χ0) is 13.1. The Balaban J connectivity index is 2.41. The quantitative estimate of drug-likeness (QED) is 0.826. The molecule has 0 fully saturated rings. The maximum atomic E-state index is 13.5. The van der Waals surface area contributed by atoms with Gasteiger partial charge in [0.05, 0.1) is 18.5 Å². The number of anilines is 1. The Morgan fingerprint density at radius 3 is 3.06 bits per heavy atom. The molecule has 0 aromatic carbocycles. The summed E-state index contributed by atoms with van der Waals surface area (Å²) in [7, 11) is 0. The van der Waals surface area contributed by atoms with Crippen LogP contribution in [-0.2, 0) is 4.74 Å². The van der Waals surface area contributed by atoms with Crippen LogP contribution in [0.1, 0.15) is 17.4 Å². The molecule has 0 spiro atoms. The van der Waals surface area contributed by atoms with E-state index in [4.69, 9.17) is 10.5 Å². The first kappa shape index (κ1) is 12.0. The molecule has 0 aliphatic carbocycles. The van der Waals surface area contributed by atoms with Crippen LogP contribution in [0.2, 0.25) is 0 Å². The highest BCUT2D eigenvalue weighted by Gasteiger charge is 2.18. The maximum Gasteiger partial charge on any atom is 0.361 e. The molecule has 0 saturated heterocycles. The number of nitrogens with zero attached hydrogens (tertiary/aromatic N) is 3. The third-order valence-corrected chi connectivity index (χ3v) is 2.17. The minimum atomic E-state index is -0.648. The number of halogens is 1. The van der Waals surface area contributed by atoms with Gasteiger partial charge < -0.3 is 10.5 Å². The van der Waals surface area contributed by atoms with E-state index >= 15 is 0 Å². The van der Waals surface area contributed by atoms with Gasteiger partial charge in [0.2, 0.25) is 0 Å². The number of hydrogen-bond donors (Lipinski definition) is 1. The Hall–Kier alpha value is -2.44. The molecule has 7 heteroatoms. The van der Waals surface area contributed by atoms with E-state index in [0.29, 0.717) is 0 Å². The second-order valence-electron chi connectivity index (χ2n) is 3.41. The van der Waals surface area contributed by atoms with Crippen LogP contribution in [0.15, 0.2) is 24.5 Å². The Bertz CT molecular complexity index is 582. The summed E-state index contributed by atoms with van der Waals surface area (Å²) in [4.78, 5) is 15.3. The predicted octanol–water partition coefficient (Wildman–Crippen LogP) is 1.17. The van der Waals surface area contributed by atoms with Gasteiger partial charge in [-0.1, -0.05) is 0 Å². The van der Waals surface area contributed by atoms with Crippen molar-refractivity contribution in [1.29, 1.82) is 0 Å². The molecule has 18 heavy (non-hydrogen) atoms. The standard InChI is InChI=1S/C11H11FN4O2/c1-2-18-11(17)9-8(13)6-16(15-9)10-7(12)4-3-5-14-10/h3-6H,2,13H2,1H3. The van der Waals surface area contributed by atoms with E-state index in [1.165, 1.54) is 24.5 Å². The molecule has 2 aromatic heterocycles. The summed E-state index contributed by atoms with van der Waals surface area (Å²) < 4.78 is 19.4. The summed E-state index contributed by atoms with van der Waals surface area (Å²) >= 11 is 0. The van der Waals surface area contributed by atoms with Gasteiger partial charge in [-0.3, -0.25) is 0 Å². The molecule has 2 N–H and O–H groups in total. The van der Waals surface area contributed by atoms with E-state index in [9.17, 15) is 9.18 Å². The van der Waals surface area contributed by atoms with Crippen molar-refractivity contribution in [2.45, 2.75) is 6.92 Å². The summed E-state index contributed by atoms with van der Waals surface area (Å²) in [5.41, 5.74) is 5.68. The van der Waals surface area contributed by atoms with Crippen LogP contribution >= 0.6 is 0 Å². The molecule has 0 unspecified atom stereocenters. The van der Waals surface area contributed by atoms with E-state index in [2.05, 4.69) is 10.1 Å². The van der Waals surface area contributed by atoms with Crippen molar-refractivity contribution in [1.82, 2.24) is 14.8 Å². The number of rotatable bonds is 3. The van der Waals surface area contributed by atoms with Crippen LogP contribution in [0, 0.1) is 5.82 Å². The second-order valence-corrected chi connectivity index (χ2v) is 3.41. The largest absolute Gasteiger partial charge is 0.461 e. The monoisotopic (exact) mass is 250 g/mol. The Labute approximate surface area is 102 Å². The summed E-state index contributed by atoms with van der Waals surface area (Å²) in [5, 5.41) is 3.87. The fraction of sp³-hybridized carbons (Fsp3) is 0.182. The van der Waals surface area contributed by atoms with Crippen molar-refractivity contribution in [2.24, 2.45) is 0 Å². The first-order valence-corrected chi connectivity index (χ1v) is 5.26. The number of nitrogens with two attached hydrogens (primary N) is 1. The molecule has 0 aliphatic rings. The van der Waals surface area contributed by atoms with Crippen LogP contribution in [0.5, 0.6) is 0 Å². The van der Waals surface area contributed by atoms with Crippen LogP contribution in [0.3, 0.4) is 0 Å². The second kappa shape index (κ2) is 4.82. The zero-order valence-corrected chi connectivity index (χ0v) is 9.63. The number of hydrogen-bond acceptors (Lipinski definition) is 5. The van der Waals surface area contributed by atoms with E-state index in [-0.39, 0.29) is 23.8 Å². The molecule has 0 atom stereocenters. The van der Waals surface area contributed by atoms with Gasteiger partial charge in [0.15, 0.2) is 17.3 Å². The summed E-state index contributed by atoms with van der Waals surface area (Å²) in [5.74, 6) is -1.24. The molecule has 0 saturated carbocycles. The van der Waals surface area contributed by atoms with Crippen molar-refractivity contribution < 1.29 is 13.9 Å². The summed E-state index contributed by atoms with van der Waals surface area (Å²) in [6, 6.07) is 2.70. The molecule has 0 bridgehead atoms. The average Bonchev–Trinajstić information content (AvgIpc) is 2.72. The van der Waals surface area contributed by atoms with Crippen LogP contribution in [0.25, 0.3) is 5.82 Å². The lowest BCUT2D eigenvalue weighted by molar-refractivity contribution is 0.0520. The number of nitrogen functional groups attached to an aromatic ring is 1. The number of carbonyl (C=O) groups excluding carboxylic acids is 1. The zero-order valence-electron chi connectivity index (χ0n) is 9.63. The van der Waals surface area contributed by atoms with Gasteiger partial charge in [0, 0.05) is 6.20 Å². The Morgan fingerprint density at radius 1 is 1.61 bits per heavy atom. The van der Waals surface area contributed by atoms with E-state index < -0.39 is 11.8 Å². The Morgan fingerprint density at radius 2 is 2.39 bits per heavy atom. The predicted molar refractivity (Wildman–Crippen MR) is 61.7 cm³/mol. The molecule has 0 aliphatic heterocycles. The summed E-state index contributed by atoms with van der Waals surface area (Å²) in [6.07, 6.45) is 2.73. The number of aromatic nitrogens is 3. The van der Waals surface area contributed by atoms with Crippen molar-refractivity contribution in [3.63, 3.8) is 0 Å². The topological polar surface area (TPSA) is 83.0 Å². The average molecular weight is 250 g/mol. The van der Waals surface area contributed by atoms with Crippen molar-refractivity contribution in [3.8, 4) is 5.82 Å². The van der Waals surface area contributed by atoms with E-state index in [1.54, 1.807) is 6.92 Å². The first-order valence-electron chi connectivity index (χ1n) is 5.26. The van der Waals surface area contributed by atoms with Gasteiger partial charge in [0.25, 0.3) is 0 Å².